The fourth-order valence-corrected chi connectivity index (χ4v) is 4.96. The number of fused-ring (bicyclic) bond motifs is 1. The van der Waals surface area contributed by atoms with Crippen LogP contribution < -0.4 is 4.90 Å². The quantitative estimate of drug-likeness (QED) is 0.661. The number of aryl methyl sites for hydroxylation is 1. The van der Waals surface area contributed by atoms with Crippen molar-refractivity contribution in [1.29, 1.82) is 0 Å². The average Bonchev–Trinajstić information content (AvgIpc) is 3.19. The number of benzene rings is 1. The Labute approximate surface area is 203 Å². The summed E-state index contributed by atoms with van der Waals surface area (Å²) in [6.45, 7) is 6.05. The van der Waals surface area contributed by atoms with Crippen molar-refractivity contribution in [3.8, 4) is 0 Å². The molecule has 0 spiro atoms. The lowest BCUT2D eigenvalue weighted by Crippen LogP contribution is -2.54. The minimum Gasteiger partial charge on any atom is -0.465 e. The molecular weight excluding hydrogens is 461 g/mol. The van der Waals surface area contributed by atoms with Gasteiger partial charge in [-0.2, -0.15) is 0 Å². The number of carboxylic acid groups (broad SMARTS) is 1. The van der Waals surface area contributed by atoms with Gasteiger partial charge < -0.3 is 19.8 Å². The Bertz CT molecular complexity index is 1080. The van der Waals surface area contributed by atoms with Gasteiger partial charge in [0.2, 0.25) is 5.91 Å². The monoisotopic (exact) mass is 489 g/mol. The van der Waals surface area contributed by atoms with Crippen LogP contribution >= 0.6 is 11.6 Å². The van der Waals surface area contributed by atoms with E-state index in [1.165, 1.54) is 17.7 Å². The summed E-state index contributed by atoms with van der Waals surface area (Å²) in [6.07, 6.45) is 2.59. The molecule has 34 heavy (non-hydrogen) atoms. The van der Waals surface area contributed by atoms with Crippen LogP contribution in [0.2, 0.25) is 5.02 Å². The van der Waals surface area contributed by atoms with Crippen LogP contribution in [0.15, 0.2) is 24.5 Å². The number of hydrogen-bond acceptors (Lipinski definition) is 5. The van der Waals surface area contributed by atoms with Crippen molar-refractivity contribution in [3.63, 3.8) is 0 Å². The highest BCUT2D eigenvalue weighted by Gasteiger charge is 2.32. The Balaban J connectivity index is 1.35. The van der Waals surface area contributed by atoms with Crippen molar-refractivity contribution >= 4 is 29.4 Å². The normalized spacial score (nSPS) is 19.8. The van der Waals surface area contributed by atoms with Gasteiger partial charge in [0.1, 0.15) is 18.0 Å². The Morgan fingerprint density at radius 1 is 1.26 bits per heavy atom. The molecule has 0 radical (unpaired) electrons. The lowest BCUT2D eigenvalue weighted by molar-refractivity contribution is -0.132. The Hall–Kier alpha value is -2.94. The van der Waals surface area contributed by atoms with Gasteiger partial charge in [0.05, 0.1) is 5.02 Å². The first-order valence-corrected chi connectivity index (χ1v) is 11.9. The number of aromatic nitrogens is 2. The third-order valence-electron chi connectivity index (χ3n) is 6.73. The van der Waals surface area contributed by atoms with Crippen LogP contribution in [0.25, 0.3) is 0 Å². The summed E-state index contributed by atoms with van der Waals surface area (Å²) >= 11 is 5.70. The van der Waals surface area contributed by atoms with Gasteiger partial charge in [0, 0.05) is 56.4 Å². The van der Waals surface area contributed by atoms with Gasteiger partial charge >= 0.3 is 6.09 Å². The Kier molecular flexibility index (Phi) is 7.21. The van der Waals surface area contributed by atoms with Gasteiger partial charge in [0.15, 0.2) is 0 Å². The molecule has 2 aromatic rings. The molecule has 1 N–H and O–H groups in total. The van der Waals surface area contributed by atoms with E-state index in [0.29, 0.717) is 31.1 Å². The molecule has 8 nitrogen and oxygen atoms in total. The van der Waals surface area contributed by atoms with Gasteiger partial charge in [-0.3, -0.25) is 4.79 Å². The molecule has 182 valence electrons. The van der Waals surface area contributed by atoms with Crippen molar-refractivity contribution in [1.82, 2.24) is 19.8 Å². The number of carbonyl (C=O) groups excluding carboxylic acids is 1. The number of piperazine rings is 1. The molecule has 1 aromatic carbocycles. The molecule has 1 aliphatic carbocycles. The molecule has 4 rings (SSSR count). The van der Waals surface area contributed by atoms with Gasteiger partial charge in [-0.15, -0.1) is 0 Å². The molecule has 2 aliphatic rings. The van der Waals surface area contributed by atoms with E-state index in [4.69, 9.17) is 11.6 Å². The van der Waals surface area contributed by atoms with Crippen LogP contribution in [-0.4, -0.2) is 69.1 Å². The molecule has 1 aliphatic heterocycles. The molecule has 2 heterocycles. The molecule has 2 amide bonds. The van der Waals surface area contributed by atoms with Crippen molar-refractivity contribution in [2.45, 2.75) is 51.6 Å². The molecule has 0 bridgehead atoms. The number of nitrogens with zero attached hydrogens (tertiary/aromatic N) is 5. The number of amides is 2. The Morgan fingerprint density at radius 2 is 2.06 bits per heavy atom. The van der Waals surface area contributed by atoms with Crippen molar-refractivity contribution in [3.05, 3.63) is 52.2 Å². The first-order chi connectivity index (χ1) is 16.2. The van der Waals surface area contributed by atoms with Gasteiger partial charge in [-0.25, -0.2) is 19.2 Å². The maximum absolute atomic E-state index is 13.7. The molecule has 10 heteroatoms. The summed E-state index contributed by atoms with van der Waals surface area (Å²) < 4.78 is 13.7. The van der Waals surface area contributed by atoms with Crippen molar-refractivity contribution < 1.29 is 19.1 Å². The zero-order valence-electron chi connectivity index (χ0n) is 19.4. The minimum atomic E-state index is -1.16. The second-order valence-electron chi connectivity index (χ2n) is 9.08. The van der Waals surface area contributed by atoms with Crippen LogP contribution in [0.4, 0.5) is 15.0 Å². The van der Waals surface area contributed by atoms with Crippen LogP contribution in [0.1, 0.15) is 49.4 Å². The van der Waals surface area contributed by atoms with Crippen LogP contribution in [0.5, 0.6) is 0 Å². The highest BCUT2D eigenvalue weighted by atomic mass is 35.5. The molecule has 0 saturated carbocycles. The summed E-state index contributed by atoms with van der Waals surface area (Å²) in [5.41, 5.74) is 2.83. The molecular formula is C24H29ClFN5O3. The van der Waals surface area contributed by atoms with Crippen molar-refractivity contribution in [2.75, 3.05) is 31.1 Å². The second-order valence-corrected chi connectivity index (χ2v) is 9.49. The van der Waals surface area contributed by atoms with E-state index < -0.39 is 11.9 Å². The first-order valence-electron chi connectivity index (χ1n) is 11.5. The lowest BCUT2D eigenvalue weighted by Gasteiger charge is -2.41. The van der Waals surface area contributed by atoms with E-state index in [1.54, 1.807) is 17.3 Å². The summed E-state index contributed by atoms with van der Waals surface area (Å²) in [6, 6.07) is 4.27. The van der Waals surface area contributed by atoms with Gasteiger partial charge in [0.25, 0.3) is 0 Å². The number of carbonyl (C=O) groups is 2. The molecule has 1 saturated heterocycles. The number of halogens is 2. The predicted molar refractivity (Wildman–Crippen MR) is 127 cm³/mol. The number of rotatable bonds is 6. The third-order valence-corrected chi connectivity index (χ3v) is 7.03. The number of hydrogen-bond donors (Lipinski definition) is 1. The fourth-order valence-electron chi connectivity index (χ4n) is 4.84. The first kappa shape index (κ1) is 24.2. The van der Waals surface area contributed by atoms with Crippen molar-refractivity contribution in [2.24, 2.45) is 0 Å². The van der Waals surface area contributed by atoms with E-state index in [-0.39, 0.29) is 36.5 Å². The average molecular weight is 490 g/mol. The maximum atomic E-state index is 13.7. The molecule has 2 atom stereocenters. The molecule has 1 fully saturated rings. The largest absolute Gasteiger partial charge is 0.465 e. The second kappa shape index (κ2) is 10.1. The summed E-state index contributed by atoms with van der Waals surface area (Å²) in [5, 5.41) is 9.53. The van der Waals surface area contributed by atoms with E-state index in [0.717, 1.165) is 29.3 Å². The fraction of sp³-hybridized carbons (Fsp3) is 0.500. The lowest BCUT2D eigenvalue weighted by atomic mass is 10.0. The summed E-state index contributed by atoms with van der Waals surface area (Å²) in [7, 11) is 0. The predicted octanol–water partition coefficient (Wildman–Crippen LogP) is 3.93. The minimum absolute atomic E-state index is 0.0160. The zero-order chi connectivity index (χ0) is 24.4. The highest BCUT2D eigenvalue weighted by molar-refractivity contribution is 6.30. The van der Waals surface area contributed by atoms with Crippen LogP contribution in [0, 0.1) is 5.82 Å². The van der Waals surface area contributed by atoms with Crippen LogP contribution in [0.3, 0.4) is 0 Å². The van der Waals surface area contributed by atoms with E-state index >= 15 is 0 Å². The van der Waals surface area contributed by atoms with E-state index in [1.807, 2.05) is 0 Å². The smallest absolute Gasteiger partial charge is 0.407 e. The van der Waals surface area contributed by atoms with E-state index in [9.17, 15) is 19.1 Å². The third kappa shape index (κ3) is 5.09. The summed E-state index contributed by atoms with van der Waals surface area (Å²) in [4.78, 5) is 38.7. The van der Waals surface area contributed by atoms with Crippen LogP contribution in [-0.2, 0) is 17.8 Å². The SMILES string of the molecule is CC1CCc2ncnc(N3CCN(C(=O)CCN(Cc4ccc(Cl)c(F)c4)C(=O)O)CC3C)c21. The summed E-state index contributed by atoms with van der Waals surface area (Å²) in [5.74, 6) is 0.702. The molecule has 2 unspecified atom stereocenters. The van der Waals surface area contributed by atoms with Gasteiger partial charge in [-0.05, 0) is 43.4 Å². The zero-order valence-corrected chi connectivity index (χ0v) is 20.1. The topological polar surface area (TPSA) is 89.9 Å². The highest BCUT2D eigenvalue weighted by Crippen LogP contribution is 2.38. The maximum Gasteiger partial charge on any atom is 0.407 e. The molecule has 1 aromatic heterocycles. The van der Waals surface area contributed by atoms with Gasteiger partial charge in [-0.1, -0.05) is 24.6 Å². The Morgan fingerprint density at radius 3 is 2.76 bits per heavy atom. The number of anilines is 1. The van der Waals surface area contributed by atoms with E-state index in [2.05, 4.69) is 28.7 Å². The standard InChI is InChI=1S/C24H29ClFN5O3/c1-15-3-6-20-22(15)23(28-14-27-20)31-10-9-29(12-16(31)2)21(32)7-8-30(24(33)34)13-17-4-5-18(25)19(26)11-17/h4-5,11,14-16H,3,6-10,12-13H2,1-2H3,(H,33,34).